The van der Waals surface area contributed by atoms with E-state index in [9.17, 15) is 9.90 Å². The number of carboxylic acid groups (broad SMARTS) is 1. The summed E-state index contributed by atoms with van der Waals surface area (Å²) >= 11 is 0. The molecule has 128 valence electrons. The quantitative estimate of drug-likeness (QED) is 0.828. The molecule has 0 amide bonds. The summed E-state index contributed by atoms with van der Waals surface area (Å²) in [4.78, 5) is 14.3. The van der Waals surface area contributed by atoms with Gasteiger partial charge < -0.3 is 10.0 Å². The highest BCUT2D eigenvalue weighted by Crippen LogP contribution is 2.47. The van der Waals surface area contributed by atoms with Crippen molar-refractivity contribution in [2.45, 2.75) is 62.8 Å². The van der Waals surface area contributed by atoms with E-state index in [0.29, 0.717) is 5.57 Å². The largest absolute Gasteiger partial charge is 0.478 e. The molecule has 0 aromatic heterocycles. The van der Waals surface area contributed by atoms with Crippen LogP contribution in [0.15, 0.2) is 30.3 Å². The normalized spacial score (nSPS) is 24.4. The van der Waals surface area contributed by atoms with Gasteiger partial charge in [-0.3, -0.25) is 0 Å². The number of hydrogen-bond acceptors (Lipinski definition) is 2. The van der Waals surface area contributed by atoms with Gasteiger partial charge in [0.15, 0.2) is 0 Å². The van der Waals surface area contributed by atoms with Crippen LogP contribution in [0.2, 0.25) is 0 Å². The van der Waals surface area contributed by atoms with E-state index < -0.39 is 5.97 Å². The molecule has 3 heteroatoms. The van der Waals surface area contributed by atoms with Gasteiger partial charge in [0.2, 0.25) is 0 Å². The second kappa shape index (κ2) is 6.36. The summed E-state index contributed by atoms with van der Waals surface area (Å²) in [5.74, 6) is -0.787. The standard InChI is InChI=1S/C21H27NO2/c23-20(24)18-15-21(19-10-6-5-9-17(18)19)11-13-22(14-12-21)16-7-3-1-2-4-8-16/h5-6,9-10,15-16H,1-4,7-8,11-14H2,(H,23,24). The number of piperidine rings is 1. The second-order valence-electron chi connectivity index (χ2n) is 7.75. The van der Waals surface area contributed by atoms with Crippen LogP contribution in [0.4, 0.5) is 0 Å². The number of carbonyl (C=O) groups is 1. The van der Waals surface area contributed by atoms with Crippen molar-refractivity contribution >= 4 is 11.5 Å². The number of fused-ring (bicyclic) bond motifs is 2. The topological polar surface area (TPSA) is 40.5 Å². The fraction of sp³-hybridized carbons (Fsp3) is 0.571. The van der Waals surface area contributed by atoms with Gasteiger partial charge in [-0.05, 0) is 49.9 Å². The highest BCUT2D eigenvalue weighted by molar-refractivity contribution is 6.17. The lowest BCUT2D eigenvalue weighted by Gasteiger charge is -2.42. The van der Waals surface area contributed by atoms with Crippen molar-refractivity contribution in [3.8, 4) is 0 Å². The molecular formula is C21H27NO2. The Morgan fingerprint density at radius 2 is 1.71 bits per heavy atom. The van der Waals surface area contributed by atoms with Crippen LogP contribution < -0.4 is 0 Å². The van der Waals surface area contributed by atoms with Crippen LogP contribution >= 0.6 is 0 Å². The highest BCUT2D eigenvalue weighted by Gasteiger charge is 2.42. The van der Waals surface area contributed by atoms with Gasteiger partial charge in [-0.15, -0.1) is 0 Å². The fourth-order valence-corrected chi connectivity index (χ4v) is 5.09. The maximum Gasteiger partial charge on any atom is 0.336 e. The molecule has 0 radical (unpaired) electrons. The Kier molecular flexibility index (Phi) is 4.21. The Morgan fingerprint density at radius 1 is 1.04 bits per heavy atom. The van der Waals surface area contributed by atoms with Crippen LogP contribution in [-0.2, 0) is 10.2 Å². The highest BCUT2D eigenvalue weighted by atomic mass is 16.4. The van der Waals surface area contributed by atoms with E-state index in [4.69, 9.17) is 0 Å². The average molecular weight is 325 g/mol. The van der Waals surface area contributed by atoms with Crippen molar-refractivity contribution in [3.63, 3.8) is 0 Å². The maximum atomic E-state index is 11.7. The van der Waals surface area contributed by atoms with Gasteiger partial charge >= 0.3 is 5.97 Å². The van der Waals surface area contributed by atoms with Gasteiger partial charge in [-0.2, -0.15) is 0 Å². The number of nitrogens with zero attached hydrogens (tertiary/aromatic N) is 1. The molecule has 4 rings (SSSR count). The minimum absolute atomic E-state index is 0.0501. The molecule has 1 aliphatic heterocycles. The first-order valence-corrected chi connectivity index (χ1v) is 9.50. The van der Waals surface area contributed by atoms with E-state index in [0.717, 1.165) is 37.5 Å². The number of allylic oxidation sites excluding steroid dienone is 1. The first-order chi connectivity index (χ1) is 11.7. The van der Waals surface area contributed by atoms with Gasteiger partial charge in [0.1, 0.15) is 0 Å². The smallest absolute Gasteiger partial charge is 0.336 e. The van der Waals surface area contributed by atoms with Crippen LogP contribution in [0.25, 0.3) is 5.57 Å². The zero-order valence-corrected chi connectivity index (χ0v) is 14.3. The number of benzene rings is 1. The number of aliphatic carboxylic acids is 1. The summed E-state index contributed by atoms with van der Waals surface area (Å²) in [7, 11) is 0. The average Bonchev–Trinajstić information content (AvgIpc) is 2.77. The van der Waals surface area contributed by atoms with E-state index in [1.807, 2.05) is 12.1 Å². The van der Waals surface area contributed by atoms with Gasteiger partial charge in [-0.1, -0.05) is 56.0 Å². The summed E-state index contributed by atoms with van der Waals surface area (Å²) in [5.41, 5.74) is 2.63. The molecule has 3 aliphatic rings. The zero-order valence-electron chi connectivity index (χ0n) is 14.3. The summed E-state index contributed by atoms with van der Waals surface area (Å²) in [6.07, 6.45) is 12.4. The molecule has 24 heavy (non-hydrogen) atoms. The molecule has 1 saturated carbocycles. The van der Waals surface area contributed by atoms with Crippen LogP contribution in [-0.4, -0.2) is 35.1 Å². The predicted octanol–water partition coefficient (Wildman–Crippen LogP) is 4.22. The molecule has 1 saturated heterocycles. The number of likely N-dealkylation sites (tertiary alicyclic amines) is 1. The van der Waals surface area contributed by atoms with Gasteiger partial charge in [-0.25, -0.2) is 4.79 Å². The summed E-state index contributed by atoms with van der Waals surface area (Å²) in [6, 6.07) is 8.88. The third kappa shape index (κ3) is 2.69. The molecule has 0 bridgehead atoms. The van der Waals surface area contributed by atoms with E-state index in [1.165, 1.54) is 44.1 Å². The molecule has 1 spiro atoms. The van der Waals surface area contributed by atoms with Crippen molar-refractivity contribution in [3.05, 3.63) is 41.5 Å². The third-order valence-electron chi connectivity index (χ3n) is 6.44. The minimum atomic E-state index is -0.787. The Labute approximate surface area is 144 Å². The Balaban J connectivity index is 1.55. The number of carboxylic acids is 1. The molecule has 1 heterocycles. The molecule has 2 fully saturated rings. The lowest BCUT2D eigenvalue weighted by Crippen LogP contribution is -2.45. The zero-order chi connectivity index (χ0) is 16.6. The van der Waals surface area contributed by atoms with Crippen molar-refractivity contribution in [2.75, 3.05) is 13.1 Å². The molecular weight excluding hydrogens is 298 g/mol. The van der Waals surface area contributed by atoms with Gasteiger partial charge in [0.25, 0.3) is 0 Å². The summed E-state index contributed by atoms with van der Waals surface area (Å²) in [6.45, 7) is 2.20. The Morgan fingerprint density at radius 3 is 2.38 bits per heavy atom. The van der Waals surface area contributed by atoms with Crippen molar-refractivity contribution in [1.82, 2.24) is 4.90 Å². The lowest BCUT2D eigenvalue weighted by molar-refractivity contribution is -0.130. The molecule has 1 aromatic carbocycles. The Bertz CT molecular complexity index is 648. The fourth-order valence-electron chi connectivity index (χ4n) is 5.09. The minimum Gasteiger partial charge on any atom is -0.478 e. The van der Waals surface area contributed by atoms with E-state index in [1.54, 1.807) is 0 Å². The van der Waals surface area contributed by atoms with Crippen LogP contribution in [0.1, 0.15) is 62.5 Å². The molecule has 0 atom stereocenters. The van der Waals surface area contributed by atoms with Crippen LogP contribution in [0, 0.1) is 0 Å². The molecule has 3 nitrogen and oxygen atoms in total. The van der Waals surface area contributed by atoms with Crippen LogP contribution in [0.3, 0.4) is 0 Å². The third-order valence-corrected chi connectivity index (χ3v) is 6.44. The van der Waals surface area contributed by atoms with Gasteiger partial charge in [0, 0.05) is 11.5 Å². The summed E-state index contributed by atoms with van der Waals surface area (Å²) in [5, 5.41) is 9.58. The van der Waals surface area contributed by atoms with E-state index in [-0.39, 0.29) is 5.41 Å². The molecule has 1 N–H and O–H groups in total. The monoisotopic (exact) mass is 325 g/mol. The number of hydrogen-bond donors (Lipinski definition) is 1. The first-order valence-electron chi connectivity index (χ1n) is 9.50. The SMILES string of the molecule is O=C(O)C1=CC2(CCN(C3CCCCCC3)CC2)c2ccccc21. The first kappa shape index (κ1) is 15.9. The van der Waals surface area contributed by atoms with Crippen molar-refractivity contribution in [2.24, 2.45) is 0 Å². The summed E-state index contributed by atoms with van der Waals surface area (Å²) < 4.78 is 0. The van der Waals surface area contributed by atoms with Gasteiger partial charge in [0.05, 0.1) is 5.57 Å². The van der Waals surface area contributed by atoms with Crippen LogP contribution in [0.5, 0.6) is 0 Å². The molecule has 0 unspecified atom stereocenters. The second-order valence-corrected chi connectivity index (χ2v) is 7.75. The lowest BCUT2D eigenvalue weighted by atomic mass is 9.74. The van der Waals surface area contributed by atoms with E-state index >= 15 is 0 Å². The van der Waals surface area contributed by atoms with Crippen molar-refractivity contribution < 1.29 is 9.90 Å². The molecule has 1 aromatic rings. The number of rotatable bonds is 2. The predicted molar refractivity (Wildman–Crippen MR) is 96.0 cm³/mol. The van der Waals surface area contributed by atoms with E-state index in [2.05, 4.69) is 23.1 Å². The molecule has 2 aliphatic carbocycles. The Hall–Kier alpha value is -1.61. The van der Waals surface area contributed by atoms with Crippen molar-refractivity contribution in [1.29, 1.82) is 0 Å². The maximum absolute atomic E-state index is 11.7.